The normalized spacial score (nSPS) is 10.6. The highest BCUT2D eigenvalue weighted by Gasteiger charge is 1.88. The third-order valence-corrected chi connectivity index (χ3v) is 1.84. The number of hydrogen-bond donors (Lipinski definition) is 2. The molecular formula is C10H24N2O. The summed E-state index contributed by atoms with van der Waals surface area (Å²) in [5.74, 6) is 0. The Labute approximate surface area is 82.2 Å². The highest BCUT2D eigenvalue weighted by Crippen LogP contribution is 1.79. The zero-order valence-electron chi connectivity index (χ0n) is 9.07. The van der Waals surface area contributed by atoms with Crippen LogP contribution in [0.4, 0.5) is 0 Å². The quantitative estimate of drug-likeness (QED) is 0.502. The minimum absolute atomic E-state index is 0.862. The van der Waals surface area contributed by atoms with Crippen LogP contribution in [0.2, 0.25) is 0 Å². The summed E-state index contributed by atoms with van der Waals surface area (Å²) in [7, 11) is 1.74. The van der Waals surface area contributed by atoms with Gasteiger partial charge in [0.15, 0.2) is 0 Å². The van der Waals surface area contributed by atoms with Gasteiger partial charge in [-0.15, -0.1) is 0 Å². The Balaban J connectivity index is 2.76. The van der Waals surface area contributed by atoms with Gasteiger partial charge in [0.1, 0.15) is 0 Å². The fourth-order valence-electron chi connectivity index (χ4n) is 1.11. The smallest absolute Gasteiger partial charge is 0.0474 e. The fraction of sp³-hybridized carbons (Fsp3) is 1.00. The van der Waals surface area contributed by atoms with Crippen molar-refractivity contribution in [3.8, 4) is 0 Å². The van der Waals surface area contributed by atoms with E-state index in [1.165, 1.54) is 12.8 Å². The van der Waals surface area contributed by atoms with Gasteiger partial charge >= 0.3 is 0 Å². The highest BCUT2D eigenvalue weighted by atomic mass is 16.5. The molecule has 0 aliphatic heterocycles. The van der Waals surface area contributed by atoms with Crippen LogP contribution < -0.4 is 10.6 Å². The molecule has 0 aromatic heterocycles. The second-order valence-corrected chi connectivity index (χ2v) is 3.20. The zero-order chi connectivity index (χ0) is 9.78. The van der Waals surface area contributed by atoms with Gasteiger partial charge in [-0.1, -0.05) is 6.92 Å². The lowest BCUT2D eigenvalue weighted by Gasteiger charge is -2.04. The first-order valence-electron chi connectivity index (χ1n) is 5.32. The second-order valence-electron chi connectivity index (χ2n) is 3.20. The lowest BCUT2D eigenvalue weighted by Crippen LogP contribution is -2.23. The maximum absolute atomic E-state index is 4.95. The fourth-order valence-corrected chi connectivity index (χ4v) is 1.11. The summed E-state index contributed by atoms with van der Waals surface area (Å²) in [5, 5.41) is 6.75. The van der Waals surface area contributed by atoms with Gasteiger partial charge < -0.3 is 15.4 Å². The Morgan fingerprint density at radius 1 is 0.923 bits per heavy atom. The van der Waals surface area contributed by atoms with Gasteiger partial charge in [0.25, 0.3) is 0 Å². The van der Waals surface area contributed by atoms with Crippen LogP contribution in [0.1, 0.15) is 26.2 Å². The van der Waals surface area contributed by atoms with Crippen molar-refractivity contribution in [2.75, 3.05) is 39.9 Å². The summed E-state index contributed by atoms with van der Waals surface area (Å²) < 4.78 is 4.95. The summed E-state index contributed by atoms with van der Waals surface area (Å²) >= 11 is 0. The average Bonchev–Trinajstić information content (AvgIpc) is 2.16. The van der Waals surface area contributed by atoms with E-state index in [1.807, 2.05) is 0 Å². The summed E-state index contributed by atoms with van der Waals surface area (Å²) in [6, 6.07) is 0. The first-order chi connectivity index (χ1) is 6.41. The Morgan fingerprint density at radius 3 is 2.15 bits per heavy atom. The molecule has 0 aromatic rings. The molecule has 0 fully saturated rings. The second kappa shape index (κ2) is 11.9. The van der Waals surface area contributed by atoms with Gasteiger partial charge in [-0.3, -0.25) is 0 Å². The van der Waals surface area contributed by atoms with Crippen molar-refractivity contribution in [3.63, 3.8) is 0 Å². The van der Waals surface area contributed by atoms with E-state index in [0.29, 0.717) is 0 Å². The standard InChI is InChI=1S/C10H24N2O/c1-3-6-11-7-4-8-12-9-5-10-13-2/h11-12H,3-10H2,1-2H3. The van der Waals surface area contributed by atoms with E-state index in [-0.39, 0.29) is 0 Å². The van der Waals surface area contributed by atoms with Crippen LogP contribution in [0.3, 0.4) is 0 Å². The van der Waals surface area contributed by atoms with Crippen LogP contribution in [-0.2, 0) is 4.74 Å². The number of hydrogen-bond acceptors (Lipinski definition) is 3. The lowest BCUT2D eigenvalue weighted by atomic mass is 10.3. The molecule has 3 heteroatoms. The van der Waals surface area contributed by atoms with Crippen molar-refractivity contribution in [2.24, 2.45) is 0 Å². The molecule has 0 spiro atoms. The van der Waals surface area contributed by atoms with Crippen LogP contribution in [0.25, 0.3) is 0 Å². The van der Waals surface area contributed by atoms with Crippen molar-refractivity contribution in [1.29, 1.82) is 0 Å². The Hall–Kier alpha value is -0.120. The predicted molar refractivity (Wildman–Crippen MR) is 57.1 cm³/mol. The summed E-state index contributed by atoms with van der Waals surface area (Å²) in [6.07, 6.45) is 3.55. The molecular weight excluding hydrogens is 164 g/mol. The minimum Gasteiger partial charge on any atom is -0.385 e. The molecule has 0 atom stereocenters. The molecule has 0 aliphatic rings. The third kappa shape index (κ3) is 11.9. The molecule has 0 heterocycles. The van der Waals surface area contributed by atoms with Crippen LogP contribution in [-0.4, -0.2) is 39.9 Å². The van der Waals surface area contributed by atoms with Gasteiger partial charge in [0.2, 0.25) is 0 Å². The molecule has 0 saturated carbocycles. The first-order valence-corrected chi connectivity index (χ1v) is 5.32. The Morgan fingerprint density at radius 2 is 1.54 bits per heavy atom. The first kappa shape index (κ1) is 12.9. The molecule has 0 rings (SSSR count). The SMILES string of the molecule is CCCNCCCNCCCOC. The van der Waals surface area contributed by atoms with Crippen LogP contribution in [0, 0.1) is 0 Å². The van der Waals surface area contributed by atoms with Crippen molar-refractivity contribution in [1.82, 2.24) is 10.6 Å². The highest BCUT2D eigenvalue weighted by molar-refractivity contribution is 4.51. The average molecular weight is 188 g/mol. The maximum Gasteiger partial charge on any atom is 0.0474 e. The molecule has 0 unspecified atom stereocenters. The molecule has 13 heavy (non-hydrogen) atoms. The van der Waals surface area contributed by atoms with Crippen molar-refractivity contribution < 1.29 is 4.74 Å². The van der Waals surface area contributed by atoms with E-state index in [1.54, 1.807) is 7.11 Å². The largest absolute Gasteiger partial charge is 0.385 e. The summed E-state index contributed by atoms with van der Waals surface area (Å²) in [5.41, 5.74) is 0. The third-order valence-electron chi connectivity index (χ3n) is 1.84. The van der Waals surface area contributed by atoms with E-state index in [9.17, 15) is 0 Å². The number of methoxy groups -OCH3 is 1. The number of ether oxygens (including phenoxy) is 1. The molecule has 0 aliphatic carbocycles. The molecule has 0 radical (unpaired) electrons. The molecule has 0 bridgehead atoms. The van der Waals surface area contributed by atoms with Crippen LogP contribution in [0.15, 0.2) is 0 Å². The molecule has 0 saturated heterocycles. The van der Waals surface area contributed by atoms with E-state index in [2.05, 4.69) is 17.6 Å². The number of nitrogens with one attached hydrogen (secondary N) is 2. The van der Waals surface area contributed by atoms with Crippen molar-refractivity contribution >= 4 is 0 Å². The minimum atomic E-state index is 0.862. The molecule has 80 valence electrons. The molecule has 0 amide bonds. The monoisotopic (exact) mass is 188 g/mol. The topological polar surface area (TPSA) is 33.3 Å². The van der Waals surface area contributed by atoms with Crippen LogP contribution >= 0.6 is 0 Å². The van der Waals surface area contributed by atoms with E-state index in [4.69, 9.17) is 4.74 Å². The molecule has 3 nitrogen and oxygen atoms in total. The van der Waals surface area contributed by atoms with Gasteiger partial charge in [-0.2, -0.15) is 0 Å². The van der Waals surface area contributed by atoms with Crippen molar-refractivity contribution in [3.05, 3.63) is 0 Å². The van der Waals surface area contributed by atoms with E-state index >= 15 is 0 Å². The Bertz CT molecular complexity index is 79.0. The zero-order valence-corrected chi connectivity index (χ0v) is 9.07. The van der Waals surface area contributed by atoms with Crippen molar-refractivity contribution in [2.45, 2.75) is 26.2 Å². The Kier molecular flexibility index (Phi) is 11.8. The lowest BCUT2D eigenvalue weighted by molar-refractivity contribution is 0.194. The molecule has 0 aromatic carbocycles. The van der Waals surface area contributed by atoms with Crippen LogP contribution in [0.5, 0.6) is 0 Å². The van der Waals surface area contributed by atoms with Gasteiger partial charge in [0, 0.05) is 13.7 Å². The van der Waals surface area contributed by atoms with Gasteiger partial charge in [-0.25, -0.2) is 0 Å². The number of rotatable bonds is 10. The van der Waals surface area contributed by atoms with E-state index < -0.39 is 0 Å². The maximum atomic E-state index is 4.95. The van der Waals surface area contributed by atoms with Gasteiger partial charge in [0.05, 0.1) is 0 Å². The molecule has 2 N–H and O–H groups in total. The summed E-state index contributed by atoms with van der Waals surface area (Å²) in [4.78, 5) is 0. The predicted octanol–water partition coefficient (Wildman–Crippen LogP) is 1.00. The summed E-state index contributed by atoms with van der Waals surface area (Å²) in [6.45, 7) is 7.51. The van der Waals surface area contributed by atoms with E-state index in [0.717, 1.165) is 39.2 Å². The van der Waals surface area contributed by atoms with Gasteiger partial charge in [-0.05, 0) is 45.4 Å².